The van der Waals surface area contributed by atoms with Gasteiger partial charge in [-0.25, -0.2) is 0 Å². The number of allylic oxidation sites excluding steroid dienone is 2. The summed E-state index contributed by atoms with van der Waals surface area (Å²) in [6.45, 7) is 18.6. The summed E-state index contributed by atoms with van der Waals surface area (Å²) in [5.74, 6) is -1.26. The first-order valence-corrected chi connectivity index (χ1v) is 32.0. The van der Waals surface area contributed by atoms with Gasteiger partial charge in [-0.3, -0.25) is 0 Å². The predicted molar refractivity (Wildman–Crippen MR) is 190 cm³/mol. The molecule has 0 nitrogen and oxygen atoms in total. The van der Waals surface area contributed by atoms with E-state index >= 15 is 0 Å². The van der Waals surface area contributed by atoms with E-state index in [-0.39, 0.29) is 7.25 Å². The van der Waals surface area contributed by atoms with E-state index in [4.69, 9.17) is 17.0 Å². The molecule has 4 heteroatoms. The van der Waals surface area contributed by atoms with E-state index in [2.05, 4.69) is 146 Å². The maximum atomic E-state index is 8.62. The minimum atomic E-state index is -4.81. The van der Waals surface area contributed by atoms with Gasteiger partial charge in [0.25, 0.3) is 0 Å². The minimum absolute atomic E-state index is 0.0918. The molecule has 43 heavy (non-hydrogen) atoms. The standard InChI is InChI=1S/C19H19.C18H17.C2H7Si.2ClH.Zr/c1-12-10-17-13(2)8-9-16(18(17)11-12)19-14(3)6-5-7-15(19)4;1-13(2)16-11-15-9-6-10-17(18(15)12-16)14-7-4-3-5-8-14;1-3-2;;;/h5-11H,1-4H3;3-13H,1-2H3;3H,1-2H3;2*1H;/q;;;;;+2/p-2. The van der Waals surface area contributed by atoms with Gasteiger partial charge in [0.1, 0.15) is 0 Å². The molecule has 6 rings (SSSR count). The van der Waals surface area contributed by atoms with Crippen LogP contribution in [0.15, 0.2) is 90.0 Å². The van der Waals surface area contributed by atoms with E-state index in [9.17, 15) is 0 Å². The Labute approximate surface area is 267 Å². The summed E-state index contributed by atoms with van der Waals surface area (Å²) in [6.07, 6.45) is 4.91. The van der Waals surface area contributed by atoms with Crippen molar-refractivity contribution in [2.45, 2.75) is 61.9 Å². The Morgan fingerprint density at radius 1 is 0.651 bits per heavy atom. The molecule has 2 aliphatic rings. The van der Waals surface area contributed by atoms with Crippen LogP contribution in [0, 0.1) is 26.7 Å². The van der Waals surface area contributed by atoms with Crippen molar-refractivity contribution in [1.82, 2.24) is 0 Å². The van der Waals surface area contributed by atoms with E-state index in [1.54, 1.807) is 0 Å². The number of aryl methyl sites for hydroxylation is 3. The van der Waals surface area contributed by atoms with Crippen LogP contribution in [0.5, 0.6) is 0 Å². The van der Waals surface area contributed by atoms with Crippen LogP contribution in [-0.2, 0) is 15.6 Å². The molecule has 0 aromatic heterocycles. The van der Waals surface area contributed by atoms with Crippen molar-refractivity contribution in [3.63, 3.8) is 0 Å². The second-order valence-electron chi connectivity index (χ2n) is 13.6. The molecule has 2 unspecified atom stereocenters. The molecular formula is C39H43Cl2SiZr. The summed E-state index contributed by atoms with van der Waals surface area (Å²) in [7, 11) is 17.2. The van der Waals surface area contributed by atoms with Crippen molar-refractivity contribution in [3.8, 4) is 22.3 Å². The number of hydrogen-bond donors (Lipinski definition) is 0. The van der Waals surface area contributed by atoms with Gasteiger partial charge in [0.05, 0.1) is 0 Å². The molecule has 0 saturated heterocycles. The van der Waals surface area contributed by atoms with Crippen molar-refractivity contribution in [2.75, 3.05) is 0 Å². The fourth-order valence-corrected chi connectivity index (χ4v) is 40.5. The fourth-order valence-electron chi connectivity index (χ4n) is 8.23. The predicted octanol–water partition coefficient (Wildman–Crippen LogP) is 12.2. The molecule has 0 fully saturated rings. The first-order chi connectivity index (χ1) is 20.4. The Balaban J connectivity index is 1.63. The van der Waals surface area contributed by atoms with Crippen LogP contribution in [0.3, 0.4) is 0 Å². The van der Waals surface area contributed by atoms with Crippen LogP contribution in [-0.4, -0.2) is 5.92 Å². The van der Waals surface area contributed by atoms with E-state index in [1.807, 2.05) is 0 Å². The molecule has 0 heterocycles. The average molecular weight is 702 g/mol. The van der Waals surface area contributed by atoms with Crippen molar-refractivity contribution in [1.29, 1.82) is 0 Å². The summed E-state index contributed by atoms with van der Waals surface area (Å²) >= 11 is -4.81. The van der Waals surface area contributed by atoms with Crippen LogP contribution in [0.2, 0.25) is 13.1 Å². The first kappa shape index (κ1) is 31.0. The summed E-state index contributed by atoms with van der Waals surface area (Å²) in [5, 5.41) is 0. The first-order valence-electron chi connectivity index (χ1n) is 15.7. The topological polar surface area (TPSA) is 0 Å². The van der Waals surface area contributed by atoms with Gasteiger partial charge < -0.3 is 0 Å². The molecule has 2 atom stereocenters. The molecular weight excluding hydrogens is 659 g/mol. The van der Waals surface area contributed by atoms with E-state index < -0.39 is 21.5 Å². The van der Waals surface area contributed by atoms with E-state index in [0.717, 1.165) is 0 Å². The molecule has 0 amide bonds. The van der Waals surface area contributed by atoms with Crippen molar-refractivity contribution in [3.05, 3.63) is 129 Å². The van der Waals surface area contributed by atoms with Gasteiger partial charge in [0.15, 0.2) is 0 Å². The van der Waals surface area contributed by atoms with Gasteiger partial charge in [-0.1, -0.05) is 0 Å². The zero-order valence-electron chi connectivity index (χ0n) is 26.7. The zero-order valence-corrected chi connectivity index (χ0v) is 31.9. The molecule has 0 spiro atoms. The molecule has 0 N–H and O–H groups in total. The number of fused-ring (bicyclic) bond motifs is 2. The maximum absolute atomic E-state index is 8.62. The summed E-state index contributed by atoms with van der Waals surface area (Å²) in [4.78, 5) is 0. The number of rotatable bonds is 6. The van der Waals surface area contributed by atoms with Crippen molar-refractivity contribution >= 4 is 35.1 Å². The Morgan fingerprint density at radius 3 is 1.93 bits per heavy atom. The molecule has 0 saturated carbocycles. The molecule has 0 radical (unpaired) electrons. The van der Waals surface area contributed by atoms with Crippen LogP contribution in [0.4, 0.5) is 0 Å². The molecule has 4 aromatic rings. The summed E-state index contributed by atoms with van der Waals surface area (Å²) < 4.78 is 0.187. The van der Waals surface area contributed by atoms with Gasteiger partial charge >= 0.3 is 270 Å². The van der Waals surface area contributed by atoms with Crippen LogP contribution < -0.4 is 0 Å². The SMILES string of the molecule is CC1=Cc2c(-c3c(C)cccc3C)ccc(C)c2[CH]1[Zr]([Cl])([Cl])([CH]1C(C(C)C)=Cc2c(-c3ccccc3)cccc21)[SiH](C)C. The second kappa shape index (κ2) is 11.1. The molecule has 4 aromatic carbocycles. The summed E-state index contributed by atoms with van der Waals surface area (Å²) in [5.41, 5.74) is 17.3. The molecule has 221 valence electrons. The third-order valence-corrected chi connectivity index (χ3v) is 62.3. The fraction of sp³-hybridized carbons (Fsp3) is 0.282. The quantitative estimate of drug-likeness (QED) is 0.176. The Morgan fingerprint density at radius 2 is 1.30 bits per heavy atom. The van der Waals surface area contributed by atoms with E-state index in [0.29, 0.717) is 5.92 Å². The molecule has 0 aliphatic heterocycles. The zero-order chi connectivity index (χ0) is 30.9. The summed E-state index contributed by atoms with van der Waals surface area (Å²) in [6, 6.07) is 28.9. The third-order valence-electron chi connectivity index (χ3n) is 10.4. The monoisotopic (exact) mass is 699 g/mol. The average Bonchev–Trinajstić information content (AvgIpc) is 3.55. The van der Waals surface area contributed by atoms with Crippen molar-refractivity contribution < 1.29 is 15.6 Å². The Kier molecular flexibility index (Phi) is 8.04. The number of halogens is 2. The van der Waals surface area contributed by atoms with E-state index in [1.165, 1.54) is 72.3 Å². The van der Waals surface area contributed by atoms with Gasteiger partial charge in [0, 0.05) is 0 Å². The van der Waals surface area contributed by atoms with Crippen molar-refractivity contribution in [2.24, 2.45) is 5.92 Å². The molecule has 0 bridgehead atoms. The second-order valence-corrected chi connectivity index (χ2v) is 56.1. The van der Waals surface area contributed by atoms with Gasteiger partial charge in [-0.15, -0.1) is 0 Å². The van der Waals surface area contributed by atoms with Gasteiger partial charge in [0.2, 0.25) is 0 Å². The van der Waals surface area contributed by atoms with Crippen LogP contribution >= 0.6 is 17.0 Å². The van der Waals surface area contributed by atoms with Gasteiger partial charge in [-0.05, 0) is 0 Å². The Hall–Kier alpha value is -1.96. The normalized spacial score (nSPS) is 18.7. The van der Waals surface area contributed by atoms with Crippen LogP contribution in [0.25, 0.3) is 34.4 Å². The number of hydrogen-bond acceptors (Lipinski definition) is 0. The third kappa shape index (κ3) is 4.70. The van der Waals surface area contributed by atoms with Crippen LogP contribution in [0.1, 0.15) is 67.0 Å². The Bertz CT molecular complexity index is 1790. The van der Waals surface area contributed by atoms with Gasteiger partial charge in [-0.2, -0.15) is 0 Å². The molecule has 2 aliphatic carbocycles. The number of benzene rings is 4.